The Labute approximate surface area is 207 Å². The Balaban J connectivity index is 1.35. The van der Waals surface area contributed by atoms with E-state index in [0.717, 1.165) is 41.5 Å². The molecule has 0 saturated heterocycles. The highest BCUT2D eigenvalue weighted by Crippen LogP contribution is 2.40. The average molecular weight is 466 g/mol. The molecule has 1 unspecified atom stereocenters. The number of likely N-dealkylation sites (N-methyl/N-ethyl adjacent to an activating group) is 1. The van der Waals surface area contributed by atoms with Crippen molar-refractivity contribution in [3.05, 3.63) is 125 Å². The molecule has 1 atom stereocenters. The maximum absolute atomic E-state index is 6.18. The Bertz CT molecular complexity index is 1240. The molecule has 0 fully saturated rings. The van der Waals surface area contributed by atoms with Crippen LogP contribution in [0, 0.1) is 0 Å². The molecule has 4 nitrogen and oxygen atoms in total. The predicted molar refractivity (Wildman–Crippen MR) is 139 cm³/mol. The SMILES string of the molecule is COc1cc2c(cc1OCc1ccccc1)CN(C)CC2c1ccc(OCc2ccccc2)cc1. The second kappa shape index (κ2) is 10.7. The quantitative estimate of drug-likeness (QED) is 0.300. The van der Waals surface area contributed by atoms with Crippen molar-refractivity contribution in [3.63, 3.8) is 0 Å². The molecule has 1 aliphatic heterocycles. The molecule has 4 aromatic carbocycles. The smallest absolute Gasteiger partial charge is 0.162 e. The van der Waals surface area contributed by atoms with E-state index in [0.29, 0.717) is 13.2 Å². The molecule has 178 valence electrons. The van der Waals surface area contributed by atoms with Crippen LogP contribution in [-0.4, -0.2) is 25.6 Å². The highest BCUT2D eigenvalue weighted by molar-refractivity contribution is 5.52. The summed E-state index contributed by atoms with van der Waals surface area (Å²) in [6.07, 6.45) is 0. The number of hydrogen-bond donors (Lipinski definition) is 0. The fraction of sp³-hybridized carbons (Fsp3) is 0.226. The van der Waals surface area contributed by atoms with E-state index in [1.54, 1.807) is 7.11 Å². The summed E-state index contributed by atoms with van der Waals surface area (Å²) in [5, 5.41) is 0. The summed E-state index contributed by atoms with van der Waals surface area (Å²) in [6.45, 7) is 2.91. The normalized spacial score (nSPS) is 15.3. The van der Waals surface area contributed by atoms with Crippen LogP contribution >= 0.6 is 0 Å². The third kappa shape index (κ3) is 5.50. The van der Waals surface area contributed by atoms with E-state index in [4.69, 9.17) is 14.2 Å². The summed E-state index contributed by atoms with van der Waals surface area (Å²) in [6, 6.07) is 33.3. The van der Waals surface area contributed by atoms with Crippen LogP contribution in [0.3, 0.4) is 0 Å². The summed E-state index contributed by atoms with van der Waals surface area (Å²) in [5.41, 5.74) is 6.14. The molecular weight excluding hydrogens is 434 g/mol. The monoisotopic (exact) mass is 465 g/mol. The Morgan fingerprint density at radius 3 is 2.00 bits per heavy atom. The third-order valence-electron chi connectivity index (χ3n) is 6.50. The number of ether oxygens (including phenoxy) is 3. The first kappa shape index (κ1) is 23.0. The van der Waals surface area contributed by atoms with E-state index in [1.165, 1.54) is 16.7 Å². The van der Waals surface area contributed by atoms with Crippen LogP contribution in [0.4, 0.5) is 0 Å². The van der Waals surface area contributed by atoms with Crippen LogP contribution in [0.2, 0.25) is 0 Å². The number of methoxy groups -OCH3 is 1. The molecule has 0 spiro atoms. The first-order valence-electron chi connectivity index (χ1n) is 12.0. The first-order chi connectivity index (χ1) is 17.2. The van der Waals surface area contributed by atoms with E-state index in [1.807, 2.05) is 36.4 Å². The molecule has 4 aromatic rings. The fourth-order valence-corrected chi connectivity index (χ4v) is 4.67. The van der Waals surface area contributed by atoms with Gasteiger partial charge in [0.2, 0.25) is 0 Å². The Morgan fingerprint density at radius 1 is 0.743 bits per heavy atom. The largest absolute Gasteiger partial charge is 0.493 e. The van der Waals surface area contributed by atoms with Crippen LogP contribution in [-0.2, 0) is 19.8 Å². The molecule has 0 bridgehead atoms. The molecule has 0 saturated carbocycles. The number of fused-ring (bicyclic) bond motifs is 1. The van der Waals surface area contributed by atoms with Gasteiger partial charge in [0.05, 0.1) is 7.11 Å². The summed E-state index contributed by atoms with van der Waals surface area (Å²) < 4.78 is 17.9. The summed E-state index contributed by atoms with van der Waals surface area (Å²) in [4.78, 5) is 2.36. The van der Waals surface area contributed by atoms with Gasteiger partial charge in [0.15, 0.2) is 11.5 Å². The second-order valence-electron chi connectivity index (χ2n) is 9.07. The van der Waals surface area contributed by atoms with Crippen molar-refractivity contribution in [3.8, 4) is 17.2 Å². The van der Waals surface area contributed by atoms with Crippen LogP contribution in [0.15, 0.2) is 97.1 Å². The summed E-state index contributed by atoms with van der Waals surface area (Å²) in [7, 11) is 3.88. The highest BCUT2D eigenvalue weighted by Gasteiger charge is 2.27. The molecule has 5 rings (SSSR count). The van der Waals surface area contributed by atoms with Gasteiger partial charge in [0.1, 0.15) is 19.0 Å². The van der Waals surface area contributed by atoms with Gasteiger partial charge in [-0.2, -0.15) is 0 Å². The van der Waals surface area contributed by atoms with Crippen molar-refractivity contribution in [1.29, 1.82) is 0 Å². The van der Waals surface area contributed by atoms with Gasteiger partial charge in [-0.15, -0.1) is 0 Å². The number of hydrogen-bond acceptors (Lipinski definition) is 4. The Kier molecular flexibility index (Phi) is 7.01. The maximum atomic E-state index is 6.18. The van der Waals surface area contributed by atoms with Crippen molar-refractivity contribution >= 4 is 0 Å². The van der Waals surface area contributed by atoms with E-state index in [9.17, 15) is 0 Å². The van der Waals surface area contributed by atoms with Crippen molar-refractivity contribution in [1.82, 2.24) is 4.90 Å². The lowest BCUT2D eigenvalue weighted by atomic mass is 9.84. The molecule has 0 N–H and O–H groups in total. The molecular formula is C31H31NO3. The fourth-order valence-electron chi connectivity index (χ4n) is 4.67. The molecule has 4 heteroatoms. The van der Waals surface area contributed by atoms with Gasteiger partial charge in [-0.1, -0.05) is 72.8 Å². The molecule has 1 aliphatic rings. The zero-order valence-electron chi connectivity index (χ0n) is 20.3. The lowest BCUT2D eigenvalue weighted by molar-refractivity contribution is 0.274. The maximum Gasteiger partial charge on any atom is 0.162 e. The van der Waals surface area contributed by atoms with Gasteiger partial charge >= 0.3 is 0 Å². The van der Waals surface area contributed by atoms with E-state index < -0.39 is 0 Å². The zero-order valence-corrected chi connectivity index (χ0v) is 20.3. The van der Waals surface area contributed by atoms with Crippen molar-refractivity contribution in [2.45, 2.75) is 25.7 Å². The van der Waals surface area contributed by atoms with E-state index in [-0.39, 0.29) is 5.92 Å². The van der Waals surface area contributed by atoms with Gasteiger partial charge in [-0.25, -0.2) is 0 Å². The third-order valence-corrected chi connectivity index (χ3v) is 6.50. The van der Waals surface area contributed by atoms with Gasteiger partial charge in [0.25, 0.3) is 0 Å². The van der Waals surface area contributed by atoms with Crippen molar-refractivity contribution in [2.75, 3.05) is 20.7 Å². The molecule has 0 radical (unpaired) electrons. The van der Waals surface area contributed by atoms with Gasteiger partial charge in [0, 0.05) is 19.0 Å². The first-order valence-corrected chi connectivity index (χ1v) is 12.0. The minimum absolute atomic E-state index is 0.254. The van der Waals surface area contributed by atoms with Crippen LogP contribution in [0.1, 0.15) is 33.7 Å². The Hall–Kier alpha value is -3.76. The number of nitrogens with zero attached hydrogens (tertiary/aromatic N) is 1. The molecule has 0 aromatic heterocycles. The van der Waals surface area contributed by atoms with Gasteiger partial charge in [-0.05, 0) is 59.1 Å². The van der Waals surface area contributed by atoms with Crippen molar-refractivity contribution in [2.24, 2.45) is 0 Å². The van der Waals surface area contributed by atoms with Gasteiger partial charge < -0.3 is 19.1 Å². The molecule has 0 amide bonds. The van der Waals surface area contributed by atoms with E-state index >= 15 is 0 Å². The number of benzene rings is 4. The molecule has 1 heterocycles. The minimum Gasteiger partial charge on any atom is -0.493 e. The standard InChI is InChI=1S/C31H31NO3/c1-32-19-26-17-31(35-22-24-11-7-4-8-12-24)30(33-2)18-28(26)29(20-32)25-13-15-27(16-14-25)34-21-23-9-5-3-6-10-23/h3-18,29H,19-22H2,1-2H3. The van der Waals surface area contributed by atoms with Crippen molar-refractivity contribution < 1.29 is 14.2 Å². The molecule has 0 aliphatic carbocycles. The topological polar surface area (TPSA) is 30.9 Å². The molecule has 35 heavy (non-hydrogen) atoms. The second-order valence-corrected chi connectivity index (χ2v) is 9.07. The predicted octanol–water partition coefficient (Wildman–Crippen LogP) is 6.43. The minimum atomic E-state index is 0.254. The van der Waals surface area contributed by atoms with E-state index in [2.05, 4.69) is 72.6 Å². The van der Waals surface area contributed by atoms with Crippen LogP contribution in [0.5, 0.6) is 17.2 Å². The summed E-state index contributed by atoms with van der Waals surface area (Å²) >= 11 is 0. The lowest BCUT2D eigenvalue weighted by Crippen LogP contribution is -2.31. The summed E-state index contributed by atoms with van der Waals surface area (Å²) in [5.74, 6) is 2.69. The van der Waals surface area contributed by atoms with Gasteiger partial charge in [-0.3, -0.25) is 0 Å². The Morgan fingerprint density at radius 2 is 1.37 bits per heavy atom. The number of rotatable bonds is 8. The highest BCUT2D eigenvalue weighted by atomic mass is 16.5. The zero-order chi connectivity index (χ0) is 24.0. The van der Waals surface area contributed by atoms with Crippen LogP contribution in [0.25, 0.3) is 0 Å². The average Bonchev–Trinajstić information content (AvgIpc) is 2.91. The van der Waals surface area contributed by atoms with Crippen LogP contribution < -0.4 is 14.2 Å². The lowest BCUT2D eigenvalue weighted by Gasteiger charge is -2.33.